The van der Waals surface area contributed by atoms with Gasteiger partial charge in [-0.3, -0.25) is 9.69 Å². The SMILES string of the molecule is CC(C)c1ccc(C(=O)CCCc2ccc(CN3CCN(C)CC3)c(C(F)(F)F)c2)cc1I. The maximum Gasteiger partial charge on any atom is 0.416 e. The van der Waals surface area contributed by atoms with Crippen molar-refractivity contribution in [3.63, 3.8) is 0 Å². The number of hydrogen-bond acceptors (Lipinski definition) is 3. The highest BCUT2D eigenvalue weighted by Crippen LogP contribution is 2.34. The molecule has 1 aliphatic rings. The van der Waals surface area contributed by atoms with Gasteiger partial charge in [-0.25, -0.2) is 0 Å². The van der Waals surface area contributed by atoms with Gasteiger partial charge in [0.25, 0.3) is 0 Å². The molecule has 3 nitrogen and oxygen atoms in total. The third-order valence-corrected chi connectivity index (χ3v) is 7.22. The van der Waals surface area contributed by atoms with Gasteiger partial charge in [0.05, 0.1) is 5.56 Å². The van der Waals surface area contributed by atoms with Gasteiger partial charge in [0, 0.05) is 48.3 Å². The normalized spacial score (nSPS) is 15.9. The summed E-state index contributed by atoms with van der Waals surface area (Å²) in [6.07, 6.45) is -3.09. The summed E-state index contributed by atoms with van der Waals surface area (Å²) in [6, 6.07) is 10.4. The van der Waals surface area contributed by atoms with E-state index in [2.05, 4.69) is 46.2 Å². The van der Waals surface area contributed by atoms with Gasteiger partial charge in [0.1, 0.15) is 0 Å². The van der Waals surface area contributed by atoms with Crippen molar-refractivity contribution in [3.8, 4) is 0 Å². The van der Waals surface area contributed by atoms with E-state index in [1.165, 1.54) is 11.6 Å². The van der Waals surface area contributed by atoms with Crippen molar-refractivity contribution >= 4 is 28.4 Å². The lowest BCUT2D eigenvalue weighted by molar-refractivity contribution is -0.138. The molecule has 0 bridgehead atoms. The average Bonchev–Trinajstić information content (AvgIpc) is 2.75. The van der Waals surface area contributed by atoms with Crippen molar-refractivity contribution in [1.29, 1.82) is 0 Å². The second kappa shape index (κ2) is 11.3. The number of carbonyl (C=O) groups excluding carboxylic acids is 1. The van der Waals surface area contributed by atoms with Gasteiger partial charge in [-0.2, -0.15) is 13.2 Å². The summed E-state index contributed by atoms with van der Waals surface area (Å²) < 4.78 is 42.4. The predicted molar refractivity (Wildman–Crippen MR) is 135 cm³/mol. The molecule has 0 N–H and O–H groups in total. The molecular formula is C26H32F3IN2O. The minimum absolute atomic E-state index is 0.0333. The highest BCUT2D eigenvalue weighted by Gasteiger charge is 2.34. The van der Waals surface area contributed by atoms with Crippen LogP contribution in [0.2, 0.25) is 0 Å². The Morgan fingerprint density at radius 2 is 1.76 bits per heavy atom. The zero-order valence-corrected chi connectivity index (χ0v) is 21.7. The Bertz CT molecular complexity index is 966. The van der Waals surface area contributed by atoms with Crippen LogP contribution in [0, 0.1) is 3.57 Å². The molecule has 1 heterocycles. The number of ketones is 1. The first kappa shape index (κ1) is 26.2. The summed E-state index contributed by atoms with van der Waals surface area (Å²) in [5.74, 6) is 0.425. The molecule has 0 saturated carbocycles. The molecule has 3 rings (SSSR count). The Morgan fingerprint density at radius 3 is 2.36 bits per heavy atom. The minimum atomic E-state index is -4.39. The standard InChI is InChI=1S/C26H32F3IN2O/c1-18(2)22-10-9-20(16-24(22)30)25(33)6-4-5-19-7-8-21(23(15-19)26(27,28)29)17-32-13-11-31(3)12-14-32/h7-10,15-16,18H,4-6,11-14,17H2,1-3H3. The fourth-order valence-electron chi connectivity index (χ4n) is 4.19. The van der Waals surface area contributed by atoms with Gasteiger partial charge in [-0.1, -0.05) is 38.1 Å². The van der Waals surface area contributed by atoms with Crippen LogP contribution in [-0.2, 0) is 19.1 Å². The van der Waals surface area contributed by atoms with E-state index in [1.807, 2.05) is 25.2 Å². The molecule has 0 aromatic heterocycles. The van der Waals surface area contributed by atoms with E-state index in [0.29, 0.717) is 48.4 Å². The van der Waals surface area contributed by atoms with E-state index >= 15 is 0 Å². The number of nitrogens with zero attached hydrogens (tertiary/aromatic N) is 2. The Balaban J connectivity index is 1.62. The van der Waals surface area contributed by atoms with E-state index in [-0.39, 0.29) is 5.78 Å². The molecule has 1 fully saturated rings. The minimum Gasteiger partial charge on any atom is -0.304 e. The van der Waals surface area contributed by atoms with Crippen LogP contribution in [0.25, 0.3) is 0 Å². The summed E-state index contributed by atoms with van der Waals surface area (Å²) in [5.41, 5.74) is 2.28. The van der Waals surface area contributed by atoms with Crippen LogP contribution >= 0.6 is 22.6 Å². The van der Waals surface area contributed by atoms with Crippen LogP contribution in [0.5, 0.6) is 0 Å². The van der Waals surface area contributed by atoms with Gasteiger partial charge >= 0.3 is 6.18 Å². The summed E-state index contributed by atoms with van der Waals surface area (Å²) >= 11 is 2.25. The maximum absolute atomic E-state index is 13.8. The number of carbonyl (C=O) groups is 1. The van der Waals surface area contributed by atoms with Crippen LogP contribution in [0.3, 0.4) is 0 Å². The highest BCUT2D eigenvalue weighted by molar-refractivity contribution is 14.1. The van der Waals surface area contributed by atoms with E-state index in [4.69, 9.17) is 0 Å². The molecule has 0 aliphatic carbocycles. The van der Waals surface area contributed by atoms with Crippen LogP contribution in [0.15, 0.2) is 36.4 Å². The fraction of sp³-hybridized carbons (Fsp3) is 0.500. The maximum atomic E-state index is 13.8. The molecule has 33 heavy (non-hydrogen) atoms. The smallest absolute Gasteiger partial charge is 0.304 e. The Labute approximate surface area is 208 Å². The summed E-state index contributed by atoms with van der Waals surface area (Å²) in [5, 5.41) is 0. The highest BCUT2D eigenvalue weighted by atomic mass is 127. The van der Waals surface area contributed by atoms with E-state index < -0.39 is 11.7 Å². The van der Waals surface area contributed by atoms with E-state index in [1.54, 1.807) is 12.1 Å². The molecule has 180 valence electrons. The zero-order valence-electron chi connectivity index (χ0n) is 19.5. The lowest BCUT2D eigenvalue weighted by Crippen LogP contribution is -2.44. The first-order chi connectivity index (χ1) is 15.5. The summed E-state index contributed by atoms with van der Waals surface area (Å²) in [6.45, 7) is 7.82. The number of rotatable bonds is 8. The van der Waals surface area contributed by atoms with Crippen molar-refractivity contribution < 1.29 is 18.0 Å². The molecule has 7 heteroatoms. The largest absolute Gasteiger partial charge is 0.416 e. The van der Waals surface area contributed by atoms with Crippen LogP contribution < -0.4 is 0 Å². The number of aryl methyl sites for hydroxylation is 1. The van der Waals surface area contributed by atoms with Crippen molar-refractivity contribution in [3.05, 3.63) is 67.8 Å². The first-order valence-corrected chi connectivity index (χ1v) is 12.5. The zero-order chi connectivity index (χ0) is 24.2. The van der Waals surface area contributed by atoms with E-state index in [0.717, 1.165) is 29.7 Å². The molecular weight excluding hydrogens is 540 g/mol. The van der Waals surface area contributed by atoms with Crippen molar-refractivity contribution in [2.24, 2.45) is 0 Å². The number of benzene rings is 2. The second-order valence-corrected chi connectivity index (χ2v) is 10.4. The third kappa shape index (κ3) is 7.26. The van der Waals surface area contributed by atoms with Gasteiger partial charge in [0.15, 0.2) is 5.78 Å². The topological polar surface area (TPSA) is 23.6 Å². The number of piperazine rings is 1. The lowest BCUT2D eigenvalue weighted by atomic mass is 9.97. The average molecular weight is 572 g/mol. The monoisotopic (exact) mass is 572 g/mol. The molecule has 0 atom stereocenters. The molecule has 0 radical (unpaired) electrons. The Kier molecular flexibility index (Phi) is 8.97. The van der Waals surface area contributed by atoms with Gasteiger partial charge in [0.2, 0.25) is 0 Å². The molecule has 1 saturated heterocycles. The number of halogens is 4. The second-order valence-electron chi connectivity index (χ2n) is 9.24. The summed E-state index contributed by atoms with van der Waals surface area (Å²) in [7, 11) is 2.03. The van der Waals surface area contributed by atoms with E-state index in [9.17, 15) is 18.0 Å². The molecule has 2 aromatic rings. The van der Waals surface area contributed by atoms with Crippen molar-refractivity contribution in [2.75, 3.05) is 33.2 Å². The fourth-order valence-corrected chi connectivity index (χ4v) is 5.33. The van der Waals surface area contributed by atoms with Gasteiger partial charge < -0.3 is 4.90 Å². The predicted octanol–water partition coefficient (Wildman–Crippen LogP) is 6.39. The molecule has 1 aliphatic heterocycles. The Hall–Kier alpha value is -1.45. The van der Waals surface area contributed by atoms with Gasteiger partial charge in [-0.15, -0.1) is 0 Å². The lowest BCUT2D eigenvalue weighted by Gasteiger charge is -2.33. The van der Waals surface area contributed by atoms with Crippen LogP contribution in [0.1, 0.15) is 65.2 Å². The number of hydrogen-bond donors (Lipinski definition) is 0. The molecule has 2 aromatic carbocycles. The molecule has 0 amide bonds. The summed E-state index contributed by atoms with van der Waals surface area (Å²) in [4.78, 5) is 16.9. The van der Waals surface area contributed by atoms with Gasteiger partial charge in [-0.05, 0) is 77.2 Å². The van der Waals surface area contributed by atoms with Crippen LogP contribution in [-0.4, -0.2) is 48.8 Å². The molecule has 0 spiro atoms. The molecule has 0 unspecified atom stereocenters. The first-order valence-electron chi connectivity index (χ1n) is 11.5. The Morgan fingerprint density at radius 1 is 1.06 bits per heavy atom. The van der Waals surface area contributed by atoms with Crippen molar-refractivity contribution in [1.82, 2.24) is 9.80 Å². The third-order valence-electron chi connectivity index (χ3n) is 6.28. The number of Topliss-reactive ketones (excluding diaryl/α,β-unsaturated/α-hetero) is 1. The van der Waals surface area contributed by atoms with Crippen LogP contribution in [0.4, 0.5) is 13.2 Å². The quantitative estimate of drug-likeness (QED) is 0.271. The number of alkyl halides is 3. The number of likely N-dealkylation sites (N-methyl/N-ethyl adjacent to an activating group) is 1. The van der Waals surface area contributed by atoms with Crippen molar-refractivity contribution in [2.45, 2.75) is 51.7 Å².